The lowest BCUT2D eigenvalue weighted by Crippen LogP contribution is -2.33. The first-order valence-electron chi connectivity index (χ1n) is 10.5. The number of rotatable bonds is 2. The zero-order chi connectivity index (χ0) is 25.4. The highest BCUT2D eigenvalue weighted by Crippen LogP contribution is 2.47. The molecule has 13 heteroatoms. The van der Waals surface area contributed by atoms with E-state index in [0.29, 0.717) is 6.07 Å². The molecule has 0 amide bonds. The summed E-state index contributed by atoms with van der Waals surface area (Å²) in [4.78, 5) is 19.9. The van der Waals surface area contributed by atoms with Gasteiger partial charge in [0, 0.05) is 29.0 Å². The van der Waals surface area contributed by atoms with Crippen molar-refractivity contribution in [3.05, 3.63) is 50.4 Å². The molecule has 1 saturated carbocycles. The van der Waals surface area contributed by atoms with E-state index >= 15 is 4.39 Å². The molecule has 0 unspecified atom stereocenters. The van der Waals surface area contributed by atoms with Crippen molar-refractivity contribution in [2.45, 2.75) is 25.3 Å². The van der Waals surface area contributed by atoms with E-state index in [1.165, 1.54) is 4.90 Å². The molecule has 3 atom stereocenters. The Kier molecular flexibility index (Phi) is 5.44. The van der Waals surface area contributed by atoms with Gasteiger partial charge in [0.2, 0.25) is 0 Å². The molecule has 0 radical (unpaired) electrons. The standard InChI is InChI=1S/C22H17ClF6N4O2/c1-7-14(22(27,28)29)8(5-12(30)15(7)24)13-11(23)4-9-18(17(13)26)31-21(34)32-20(9)33-2-3-35-6-10-16(25)19(10)33/h4-5,10,16,19H,2-3,6,30H2,1H3,(H,31,32,34)/t10-,16-,19-/m0/s1. The predicted molar refractivity (Wildman–Crippen MR) is 117 cm³/mol. The Morgan fingerprint density at radius 1 is 1.26 bits per heavy atom. The van der Waals surface area contributed by atoms with Gasteiger partial charge < -0.3 is 20.4 Å². The molecule has 2 aliphatic rings. The Morgan fingerprint density at radius 2 is 1.97 bits per heavy atom. The number of halogens is 7. The number of fused-ring (bicyclic) bond motifs is 2. The van der Waals surface area contributed by atoms with E-state index in [1.807, 2.05) is 0 Å². The minimum atomic E-state index is -5.07. The molecule has 1 aliphatic heterocycles. The molecule has 5 rings (SSSR count). The molecule has 1 aliphatic carbocycles. The molecule has 2 fully saturated rings. The molecule has 3 N–H and O–H groups in total. The van der Waals surface area contributed by atoms with Crippen LogP contribution in [-0.4, -0.2) is 41.9 Å². The molecule has 0 spiro atoms. The molecular formula is C22H17ClF6N4O2. The van der Waals surface area contributed by atoms with Gasteiger partial charge in [-0.05, 0) is 24.6 Å². The van der Waals surface area contributed by atoms with Crippen molar-refractivity contribution in [2.75, 3.05) is 30.4 Å². The van der Waals surface area contributed by atoms with E-state index in [-0.39, 0.29) is 31.0 Å². The van der Waals surface area contributed by atoms with E-state index < -0.39 is 80.1 Å². The van der Waals surface area contributed by atoms with Gasteiger partial charge in [-0.1, -0.05) is 11.6 Å². The van der Waals surface area contributed by atoms with Crippen LogP contribution in [0.25, 0.3) is 22.0 Å². The summed E-state index contributed by atoms with van der Waals surface area (Å²) >= 11 is 6.29. The summed E-state index contributed by atoms with van der Waals surface area (Å²) in [5, 5.41) is -0.493. The quantitative estimate of drug-likeness (QED) is 0.382. The third-order valence-corrected chi connectivity index (χ3v) is 6.73. The van der Waals surface area contributed by atoms with Crippen LogP contribution in [0.1, 0.15) is 11.1 Å². The highest BCUT2D eigenvalue weighted by atomic mass is 35.5. The second kappa shape index (κ2) is 8.02. The normalized spacial score (nSPS) is 22.3. The molecule has 3 aromatic rings. The smallest absolute Gasteiger partial charge is 0.396 e. The summed E-state index contributed by atoms with van der Waals surface area (Å²) in [5.41, 5.74) is -0.353. The molecule has 2 aromatic carbocycles. The monoisotopic (exact) mass is 518 g/mol. The molecule has 6 nitrogen and oxygen atoms in total. The van der Waals surface area contributed by atoms with Crippen molar-refractivity contribution >= 4 is 34.0 Å². The first-order chi connectivity index (χ1) is 16.4. The maximum atomic E-state index is 15.8. The zero-order valence-corrected chi connectivity index (χ0v) is 18.7. The van der Waals surface area contributed by atoms with Crippen LogP contribution >= 0.6 is 11.6 Å². The van der Waals surface area contributed by atoms with Crippen LogP contribution in [0.3, 0.4) is 0 Å². The van der Waals surface area contributed by atoms with Gasteiger partial charge >= 0.3 is 11.9 Å². The molecular weight excluding hydrogens is 502 g/mol. The van der Waals surface area contributed by atoms with E-state index in [4.69, 9.17) is 22.1 Å². The third kappa shape index (κ3) is 3.70. The predicted octanol–water partition coefficient (Wildman–Crippen LogP) is 4.60. The average molecular weight is 519 g/mol. The topological polar surface area (TPSA) is 84.2 Å². The van der Waals surface area contributed by atoms with Crippen LogP contribution < -0.4 is 16.3 Å². The molecule has 2 heterocycles. The molecule has 1 saturated heterocycles. The fourth-order valence-corrected chi connectivity index (χ4v) is 5.04. The lowest BCUT2D eigenvalue weighted by molar-refractivity contribution is -0.137. The number of aromatic amines is 1. The molecule has 1 aromatic heterocycles. The highest BCUT2D eigenvalue weighted by Gasteiger charge is 2.56. The fraction of sp³-hybridized carbons (Fsp3) is 0.364. The lowest BCUT2D eigenvalue weighted by atomic mass is 9.93. The van der Waals surface area contributed by atoms with E-state index in [1.54, 1.807) is 0 Å². The number of H-pyrrole nitrogens is 1. The fourth-order valence-electron chi connectivity index (χ4n) is 4.74. The number of anilines is 2. The van der Waals surface area contributed by atoms with Gasteiger partial charge in [-0.3, -0.25) is 0 Å². The van der Waals surface area contributed by atoms with Crippen molar-refractivity contribution in [2.24, 2.45) is 5.92 Å². The van der Waals surface area contributed by atoms with Crippen molar-refractivity contribution in [3.63, 3.8) is 0 Å². The second-order valence-electron chi connectivity index (χ2n) is 8.53. The van der Waals surface area contributed by atoms with Crippen LogP contribution in [0.2, 0.25) is 5.02 Å². The van der Waals surface area contributed by atoms with Crippen LogP contribution in [0.4, 0.5) is 37.8 Å². The zero-order valence-electron chi connectivity index (χ0n) is 17.9. The van der Waals surface area contributed by atoms with Crippen LogP contribution in [0, 0.1) is 24.5 Å². The van der Waals surface area contributed by atoms with Gasteiger partial charge in [0.15, 0.2) is 5.82 Å². The number of nitrogens with one attached hydrogen (secondary N) is 1. The number of hydrogen-bond acceptors (Lipinski definition) is 5. The number of nitrogen functional groups attached to an aromatic ring is 1. The number of nitrogens with two attached hydrogens (primary N) is 1. The Labute approximate surface area is 198 Å². The van der Waals surface area contributed by atoms with E-state index in [0.717, 1.165) is 13.0 Å². The van der Waals surface area contributed by atoms with E-state index in [2.05, 4.69) is 9.97 Å². The number of benzene rings is 2. The maximum absolute atomic E-state index is 15.8. The van der Waals surface area contributed by atoms with Crippen LogP contribution in [-0.2, 0) is 10.9 Å². The number of hydrogen-bond donors (Lipinski definition) is 2. The molecule has 0 bridgehead atoms. The Morgan fingerprint density at radius 3 is 2.66 bits per heavy atom. The van der Waals surface area contributed by atoms with Crippen molar-refractivity contribution < 1.29 is 31.1 Å². The van der Waals surface area contributed by atoms with Crippen LogP contribution in [0.5, 0.6) is 0 Å². The first kappa shape index (κ1) is 23.7. The summed E-state index contributed by atoms with van der Waals surface area (Å²) in [6.45, 7) is 1.40. The lowest BCUT2D eigenvalue weighted by Gasteiger charge is -2.24. The largest absolute Gasteiger partial charge is 0.417 e. The Balaban J connectivity index is 1.78. The third-order valence-electron chi connectivity index (χ3n) is 6.43. The Bertz CT molecular complexity index is 1430. The highest BCUT2D eigenvalue weighted by molar-refractivity contribution is 6.34. The minimum absolute atomic E-state index is 0.0315. The van der Waals surface area contributed by atoms with Gasteiger partial charge in [0.05, 0.1) is 41.0 Å². The summed E-state index contributed by atoms with van der Waals surface area (Å²) in [7, 11) is 0. The molecule has 35 heavy (non-hydrogen) atoms. The number of alkyl halides is 4. The first-order valence-corrected chi connectivity index (χ1v) is 10.9. The molecule has 186 valence electrons. The van der Waals surface area contributed by atoms with Gasteiger partial charge in [-0.15, -0.1) is 0 Å². The number of nitrogens with zero attached hydrogens (tertiary/aromatic N) is 2. The average Bonchev–Trinajstić information content (AvgIpc) is 3.45. The van der Waals surface area contributed by atoms with Gasteiger partial charge in [-0.2, -0.15) is 18.2 Å². The van der Waals surface area contributed by atoms with Gasteiger partial charge in [0.25, 0.3) is 0 Å². The number of ether oxygens (including phenoxy) is 1. The second-order valence-corrected chi connectivity index (χ2v) is 8.93. The SMILES string of the molecule is Cc1c(F)c(N)cc(-c2c(Cl)cc3c(N4CCOC[C@H]5[C@H](F)[C@H]54)nc(=O)[nH]c3c2F)c1C(F)(F)F. The summed E-state index contributed by atoms with van der Waals surface area (Å²) < 4.78 is 91.4. The minimum Gasteiger partial charge on any atom is -0.396 e. The number of aromatic nitrogens is 2. The van der Waals surface area contributed by atoms with Crippen LogP contribution in [0.15, 0.2) is 16.9 Å². The summed E-state index contributed by atoms with van der Waals surface area (Å²) in [6.07, 6.45) is -6.32. The van der Waals surface area contributed by atoms with Crippen molar-refractivity contribution in [1.82, 2.24) is 9.97 Å². The summed E-state index contributed by atoms with van der Waals surface area (Å²) in [6, 6.07) is 1.14. The summed E-state index contributed by atoms with van der Waals surface area (Å²) in [5.74, 6) is -3.10. The van der Waals surface area contributed by atoms with E-state index in [9.17, 15) is 26.7 Å². The van der Waals surface area contributed by atoms with Gasteiger partial charge in [-0.25, -0.2) is 18.0 Å². The van der Waals surface area contributed by atoms with Crippen molar-refractivity contribution in [1.29, 1.82) is 0 Å². The van der Waals surface area contributed by atoms with Gasteiger partial charge in [0.1, 0.15) is 17.8 Å². The maximum Gasteiger partial charge on any atom is 0.417 e. The Hall–Kier alpha value is -2.99. The van der Waals surface area contributed by atoms with Crippen molar-refractivity contribution in [3.8, 4) is 11.1 Å².